The molecule has 2 nitrogen and oxygen atoms in total. The third-order valence-corrected chi connectivity index (χ3v) is 3.06. The molecule has 0 aliphatic heterocycles. The minimum absolute atomic E-state index is 0.690. The monoisotopic (exact) mass is 242 g/mol. The van der Waals surface area contributed by atoms with Gasteiger partial charge in [0, 0.05) is 12.6 Å². The fourth-order valence-corrected chi connectivity index (χ4v) is 2.07. The Morgan fingerprint density at radius 2 is 1.65 bits per heavy atom. The van der Waals surface area contributed by atoms with Gasteiger partial charge in [0.25, 0.3) is 0 Å². The predicted molar refractivity (Wildman–Crippen MR) is 78.6 cm³/mol. The molecule has 0 aromatic heterocycles. The molecule has 104 valence electrons. The van der Waals surface area contributed by atoms with E-state index in [1.165, 1.54) is 51.9 Å². The molecule has 0 rings (SSSR count). The molecule has 0 radical (unpaired) electrons. The second-order valence-electron chi connectivity index (χ2n) is 5.79. The largest absolute Gasteiger partial charge is 0.317 e. The highest BCUT2D eigenvalue weighted by atomic mass is 15.1. The van der Waals surface area contributed by atoms with E-state index in [-0.39, 0.29) is 0 Å². The van der Waals surface area contributed by atoms with E-state index >= 15 is 0 Å². The molecule has 17 heavy (non-hydrogen) atoms. The van der Waals surface area contributed by atoms with E-state index in [1.54, 1.807) is 0 Å². The van der Waals surface area contributed by atoms with Crippen molar-refractivity contribution in [2.75, 3.05) is 26.2 Å². The van der Waals surface area contributed by atoms with E-state index in [0.717, 1.165) is 5.92 Å². The van der Waals surface area contributed by atoms with Crippen molar-refractivity contribution in [3.63, 3.8) is 0 Å². The number of rotatable bonds is 11. The summed E-state index contributed by atoms with van der Waals surface area (Å²) in [5.41, 5.74) is 0. The molecule has 0 fully saturated rings. The maximum absolute atomic E-state index is 3.46. The topological polar surface area (TPSA) is 15.3 Å². The van der Waals surface area contributed by atoms with Crippen molar-refractivity contribution in [3.05, 3.63) is 0 Å². The highest BCUT2D eigenvalue weighted by molar-refractivity contribution is 4.65. The molecule has 0 aliphatic rings. The second kappa shape index (κ2) is 11.0. The van der Waals surface area contributed by atoms with Crippen LogP contribution in [0.1, 0.15) is 60.3 Å². The van der Waals surface area contributed by atoms with Crippen molar-refractivity contribution in [3.8, 4) is 0 Å². The molecule has 0 aromatic rings. The van der Waals surface area contributed by atoms with Crippen molar-refractivity contribution in [1.29, 1.82) is 0 Å². The Bertz CT molecular complexity index is 155. The van der Waals surface area contributed by atoms with E-state index in [4.69, 9.17) is 0 Å². The summed E-state index contributed by atoms with van der Waals surface area (Å²) >= 11 is 0. The maximum atomic E-state index is 3.46. The van der Waals surface area contributed by atoms with Gasteiger partial charge in [0.1, 0.15) is 0 Å². The summed E-state index contributed by atoms with van der Waals surface area (Å²) in [4.78, 5) is 2.62. The standard InChI is InChI=1S/C15H34N2/c1-6-10-16-11-8-7-9-12-17(15(4)5)13-14(2)3/h14-16H,6-13H2,1-5H3. The number of hydrogen-bond acceptors (Lipinski definition) is 2. The molecule has 0 saturated carbocycles. The molecule has 0 bridgehead atoms. The smallest absolute Gasteiger partial charge is 0.00387 e. The zero-order chi connectivity index (χ0) is 13.1. The summed E-state index contributed by atoms with van der Waals surface area (Å²) < 4.78 is 0. The Morgan fingerprint density at radius 3 is 2.18 bits per heavy atom. The minimum atomic E-state index is 0.690. The fraction of sp³-hybridized carbons (Fsp3) is 1.00. The van der Waals surface area contributed by atoms with Gasteiger partial charge in [-0.15, -0.1) is 0 Å². The number of unbranched alkanes of at least 4 members (excludes halogenated alkanes) is 2. The lowest BCUT2D eigenvalue weighted by molar-refractivity contribution is 0.193. The lowest BCUT2D eigenvalue weighted by Gasteiger charge is -2.28. The van der Waals surface area contributed by atoms with Crippen LogP contribution in [0.25, 0.3) is 0 Å². The third-order valence-electron chi connectivity index (χ3n) is 3.06. The van der Waals surface area contributed by atoms with Crippen LogP contribution >= 0.6 is 0 Å². The van der Waals surface area contributed by atoms with Crippen molar-refractivity contribution in [1.82, 2.24) is 10.2 Å². The van der Waals surface area contributed by atoms with Gasteiger partial charge in [0.05, 0.1) is 0 Å². The maximum Gasteiger partial charge on any atom is 0.00387 e. The average molecular weight is 242 g/mol. The SMILES string of the molecule is CCCNCCCCCN(CC(C)C)C(C)C. The van der Waals surface area contributed by atoms with Crippen molar-refractivity contribution in [2.45, 2.75) is 66.3 Å². The Kier molecular flexibility index (Phi) is 11.0. The molecule has 0 unspecified atom stereocenters. The summed E-state index contributed by atoms with van der Waals surface area (Å²) in [7, 11) is 0. The molecule has 0 spiro atoms. The number of hydrogen-bond donors (Lipinski definition) is 1. The first-order valence-electron chi connectivity index (χ1n) is 7.52. The van der Waals surface area contributed by atoms with Crippen LogP contribution < -0.4 is 5.32 Å². The molecule has 0 aromatic carbocycles. The van der Waals surface area contributed by atoms with Crippen LogP contribution in [0.5, 0.6) is 0 Å². The Hall–Kier alpha value is -0.0800. The molecule has 2 heteroatoms. The van der Waals surface area contributed by atoms with Crippen LogP contribution in [0.3, 0.4) is 0 Å². The molecule has 1 N–H and O–H groups in total. The van der Waals surface area contributed by atoms with E-state index < -0.39 is 0 Å². The Morgan fingerprint density at radius 1 is 0.941 bits per heavy atom. The van der Waals surface area contributed by atoms with Gasteiger partial charge in [0.15, 0.2) is 0 Å². The van der Waals surface area contributed by atoms with E-state index in [0.29, 0.717) is 6.04 Å². The van der Waals surface area contributed by atoms with Crippen LogP contribution in [0.2, 0.25) is 0 Å². The molecule has 0 aliphatic carbocycles. The first kappa shape index (κ1) is 16.9. The van der Waals surface area contributed by atoms with Gasteiger partial charge >= 0.3 is 0 Å². The van der Waals surface area contributed by atoms with Gasteiger partial charge in [-0.3, -0.25) is 0 Å². The quantitative estimate of drug-likeness (QED) is 0.558. The summed E-state index contributed by atoms with van der Waals surface area (Å²) in [5, 5.41) is 3.46. The van der Waals surface area contributed by atoms with E-state index in [2.05, 4.69) is 44.8 Å². The van der Waals surface area contributed by atoms with Crippen LogP contribution in [0, 0.1) is 5.92 Å². The van der Waals surface area contributed by atoms with Crippen LogP contribution in [-0.4, -0.2) is 37.1 Å². The summed E-state index contributed by atoms with van der Waals surface area (Å²) in [6.07, 6.45) is 5.28. The lowest BCUT2D eigenvalue weighted by Crippen LogP contribution is -2.35. The summed E-state index contributed by atoms with van der Waals surface area (Å²) in [6, 6.07) is 0.690. The predicted octanol–water partition coefficient (Wildman–Crippen LogP) is 3.52. The molecular weight excluding hydrogens is 208 g/mol. The fourth-order valence-electron chi connectivity index (χ4n) is 2.07. The van der Waals surface area contributed by atoms with Gasteiger partial charge in [0.2, 0.25) is 0 Å². The van der Waals surface area contributed by atoms with Gasteiger partial charge in [-0.2, -0.15) is 0 Å². The second-order valence-corrected chi connectivity index (χ2v) is 5.79. The van der Waals surface area contributed by atoms with Crippen LogP contribution in [0.15, 0.2) is 0 Å². The van der Waals surface area contributed by atoms with E-state index in [9.17, 15) is 0 Å². The normalized spacial score (nSPS) is 12.0. The summed E-state index contributed by atoms with van der Waals surface area (Å²) in [6.45, 7) is 16.3. The zero-order valence-corrected chi connectivity index (χ0v) is 12.8. The van der Waals surface area contributed by atoms with Crippen LogP contribution in [-0.2, 0) is 0 Å². The number of nitrogens with zero attached hydrogens (tertiary/aromatic N) is 1. The van der Waals surface area contributed by atoms with E-state index in [1.807, 2.05) is 0 Å². The Balaban J connectivity index is 3.48. The molecule has 0 heterocycles. The molecular formula is C15H34N2. The minimum Gasteiger partial charge on any atom is -0.317 e. The highest BCUT2D eigenvalue weighted by Gasteiger charge is 2.10. The Labute approximate surface area is 109 Å². The van der Waals surface area contributed by atoms with Crippen LogP contribution in [0.4, 0.5) is 0 Å². The van der Waals surface area contributed by atoms with Crippen molar-refractivity contribution >= 4 is 0 Å². The van der Waals surface area contributed by atoms with Crippen molar-refractivity contribution < 1.29 is 0 Å². The van der Waals surface area contributed by atoms with Crippen molar-refractivity contribution in [2.24, 2.45) is 5.92 Å². The third kappa shape index (κ3) is 10.8. The molecule has 0 saturated heterocycles. The first-order chi connectivity index (χ1) is 8.07. The molecule has 0 amide bonds. The highest BCUT2D eigenvalue weighted by Crippen LogP contribution is 2.06. The zero-order valence-electron chi connectivity index (χ0n) is 12.8. The average Bonchev–Trinajstić information content (AvgIpc) is 2.25. The molecule has 0 atom stereocenters. The van der Waals surface area contributed by atoms with Gasteiger partial charge in [-0.25, -0.2) is 0 Å². The van der Waals surface area contributed by atoms with Gasteiger partial charge < -0.3 is 10.2 Å². The van der Waals surface area contributed by atoms with Gasteiger partial charge in [-0.05, 0) is 58.7 Å². The number of nitrogens with one attached hydrogen (secondary N) is 1. The first-order valence-corrected chi connectivity index (χ1v) is 7.52. The summed E-state index contributed by atoms with van der Waals surface area (Å²) in [5.74, 6) is 0.781. The van der Waals surface area contributed by atoms with Gasteiger partial charge in [-0.1, -0.05) is 27.2 Å². The lowest BCUT2D eigenvalue weighted by atomic mass is 10.1.